The summed E-state index contributed by atoms with van der Waals surface area (Å²) in [7, 11) is 0. The third-order valence-corrected chi connectivity index (χ3v) is 6.67. The number of carbonyl (C=O) groups excluding carboxylic acids is 3. The van der Waals surface area contributed by atoms with Gasteiger partial charge in [0.05, 0.1) is 6.04 Å². The van der Waals surface area contributed by atoms with Crippen LogP contribution in [-0.2, 0) is 25.6 Å². The molecule has 1 aromatic carbocycles. The van der Waals surface area contributed by atoms with Crippen molar-refractivity contribution in [2.45, 2.75) is 83.0 Å². The number of nitrogens with zero attached hydrogens (tertiary/aromatic N) is 1. The number of rotatable bonds is 19. The molecule has 0 aliphatic carbocycles. The molecule has 0 saturated heterocycles. The Balaban J connectivity index is 3.12. The van der Waals surface area contributed by atoms with Crippen molar-refractivity contribution in [3.63, 3.8) is 0 Å². The minimum atomic E-state index is -1.17. The second-order valence-electron chi connectivity index (χ2n) is 10.0. The lowest BCUT2D eigenvalue weighted by Crippen LogP contribution is -2.58. The predicted molar refractivity (Wildman–Crippen MR) is 155 cm³/mol. The minimum absolute atomic E-state index is 0.0347. The van der Waals surface area contributed by atoms with Gasteiger partial charge in [0, 0.05) is 13.0 Å². The molecule has 13 N–H and O–H groups in total. The number of carbonyl (C=O) groups is 4. The average molecular weight is 579 g/mol. The highest BCUT2D eigenvalue weighted by molar-refractivity contribution is 5.94. The number of aliphatic carboxylic acids is 1. The molecule has 14 nitrogen and oxygen atoms in total. The number of phenols is 1. The van der Waals surface area contributed by atoms with Crippen LogP contribution in [0.5, 0.6) is 5.75 Å². The lowest BCUT2D eigenvalue weighted by molar-refractivity contribution is -0.144. The summed E-state index contributed by atoms with van der Waals surface area (Å²) < 4.78 is 0. The fourth-order valence-electron chi connectivity index (χ4n) is 3.98. The molecule has 14 heteroatoms. The van der Waals surface area contributed by atoms with Gasteiger partial charge in [0.2, 0.25) is 17.7 Å². The number of unbranched alkanes of at least 4 members (excludes halogenated alkanes) is 1. The highest BCUT2D eigenvalue weighted by atomic mass is 16.4. The first-order chi connectivity index (χ1) is 19.4. The fraction of sp³-hybridized carbons (Fsp3) is 0.593. The van der Waals surface area contributed by atoms with E-state index in [1.807, 2.05) is 6.92 Å². The van der Waals surface area contributed by atoms with Crippen molar-refractivity contribution in [3.8, 4) is 5.75 Å². The van der Waals surface area contributed by atoms with Crippen LogP contribution in [0.2, 0.25) is 0 Å². The van der Waals surface area contributed by atoms with Gasteiger partial charge < -0.3 is 49.1 Å². The Bertz CT molecular complexity index is 1020. The normalized spacial score (nSPS) is 14.5. The number of hydrogen-bond acceptors (Lipinski definition) is 8. The highest BCUT2D eigenvalue weighted by Crippen LogP contribution is 2.13. The summed E-state index contributed by atoms with van der Waals surface area (Å²) in [4.78, 5) is 55.2. The molecule has 0 radical (unpaired) electrons. The zero-order valence-electron chi connectivity index (χ0n) is 23.8. The van der Waals surface area contributed by atoms with E-state index in [9.17, 15) is 29.4 Å². The Morgan fingerprint density at radius 1 is 0.902 bits per heavy atom. The van der Waals surface area contributed by atoms with E-state index >= 15 is 0 Å². The molecule has 0 aliphatic heterocycles. The number of aliphatic imine (C=N–C) groups is 1. The maximum atomic E-state index is 13.5. The SMILES string of the molecule is CCC(C)C(NC(=O)C(CCCCN)NC(=O)C(Cc1ccc(O)cc1)NC(=O)C(N)CCCN=C(N)N)C(=O)O. The number of amides is 3. The van der Waals surface area contributed by atoms with E-state index in [4.69, 9.17) is 22.9 Å². The van der Waals surface area contributed by atoms with Crippen LogP contribution in [0, 0.1) is 5.92 Å². The van der Waals surface area contributed by atoms with Crippen LogP contribution in [0.3, 0.4) is 0 Å². The van der Waals surface area contributed by atoms with E-state index in [1.54, 1.807) is 19.1 Å². The standard InChI is InChI=1S/C27H46N8O6/c1-3-16(2)22(26(40)41)35-24(38)20(8-4-5-13-28)33-25(39)21(15-17-9-11-18(36)12-10-17)34-23(37)19(29)7-6-14-32-27(30)31/h9-12,16,19-22,36H,3-8,13-15,28-29H2,1-2H3,(H,33,39)(H,34,37)(H,35,38)(H,40,41)(H4,30,31,32). The van der Waals surface area contributed by atoms with Crippen molar-refractivity contribution in [1.82, 2.24) is 16.0 Å². The molecule has 3 amide bonds. The second-order valence-corrected chi connectivity index (χ2v) is 10.0. The van der Waals surface area contributed by atoms with Gasteiger partial charge >= 0.3 is 5.97 Å². The molecule has 230 valence electrons. The van der Waals surface area contributed by atoms with Crippen LogP contribution in [0.15, 0.2) is 29.3 Å². The van der Waals surface area contributed by atoms with E-state index in [0.29, 0.717) is 37.8 Å². The number of guanidine groups is 1. The number of carboxylic acid groups (broad SMARTS) is 1. The molecule has 0 spiro atoms. The molecule has 0 fully saturated rings. The van der Waals surface area contributed by atoms with Gasteiger partial charge in [-0.05, 0) is 62.3 Å². The van der Waals surface area contributed by atoms with Crippen LogP contribution < -0.4 is 38.9 Å². The van der Waals surface area contributed by atoms with Crippen molar-refractivity contribution < 1.29 is 29.4 Å². The summed E-state index contributed by atoms with van der Waals surface area (Å²) in [5.74, 6) is -3.43. The second kappa shape index (κ2) is 18.4. The van der Waals surface area contributed by atoms with E-state index < -0.39 is 47.9 Å². The summed E-state index contributed by atoms with van der Waals surface area (Å²) in [5, 5.41) is 27.1. The van der Waals surface area contributed by atoms with E-state index in [2.05, 4.69) is 20.9 Å². The summed E-state index contributed by atoms with van der Waals surface area (Å²) >= 11 is 0. The van der Waals surface area contributed by atoms with Gasteiger partial charge in [-0.25, -0.2) is 4.79 Å². The smallest absolute Gasteiger partial charge is 0.326 e. The Morgan fingerprint density at radius 2 is 1.51 bits per heavy atom. The van der Waals surface area contributed by atoms with Crippen molar-refractivity contribution >= 4 is 29.7 Å². The molecule has 0 saturated carbocycles. The summed E-state index contributed by atoms with van der Waals surface area (Å²) in [6.07, 6.45) is 2.57. The average Bonchev–Trinajstić information content (AvgIpc) is 2.93. The van der Waals surface area contributed by atoms with Gasteiger partial charge in [-0.2, -0.15) is 0 Å². The van der Waals surface area contributed by atoms with E-state index in [0.717, 1.165) is 0 Å². The summed E-state index contributed by atoms with van der Waals surface area (Å²) in [5.41, 5.74) is 22.9. The van der Waals surface area contributed by atoms with Gasteiger partial charge in [-0.3, -0.25) is 19.4 Å². The zero-order chi connectivity index (χ0) is 30.9. The number of benzene rings is 1. The van der Waals surface area contributed by atoms with Gasteiger partial charge in [-0.15, -0.1) is 0 Å². The van der Waals surface area contributed by atoms with Crippen molar-refractivity contribution in [2.75, 3.05) is 13.1 Å². The number of nitrogens with one attached hydrogen (secondary N) is 3. The molecule has 1 aromatic rings. The summed E-state index contributed by atoms with van der Waals surface area (Å²) in [6.45, 7) is 4.20. The quantitative estimate of drug-likeness (QED) is 0.0551. The van der Waals surface area contributed by atoms with Crippen LogP contribution in [0.4, 0.5) is 0 Å². The van der Waals surface area contributed by atoms with Gasteiger partial charge in [-0.1, -0.05) is 32.4 Å². The van der Waals surface area contributed by atoms with Crippen LogP contribution in [-0.4, -0.2) is 77.1 Å². The molecular formula is C27H46N8O6. The Labute approximate surface area is 240 Å². The van der Waals surface area contributed by atoms with Gasteiger partial charge in [0.1, 0.15) is 23.9 Å². The maximum Gasteiger partial charge on any atom is 0.326 e. The Morgan fingerprint density at radius 3 is 2.07 bits per heavy atom. The number of aromatic hydroxyl groups is 1. The third-order valence-electron chi connectivity index (χ3n) is 6.67. The first kappa shape index (κ1) is 35.1. The molecule has 5 atom stereocenters. The van der Waals surface area contributed by atoms with E-state index in [-0.39, 0.29) is 43.4 Å². The lowest BCUT2D eigenvalue weighted by atomic mass is 9.98. The molecule has 41 heavy (non-hydrogen) atoms. The molecule has 0 bridgehead atoms. The number of phenolic OH excluding ortho intramolecular Hbond substituents is 1. The highest BCUT2D eigenvalue weighted by Gasteiger charge is 2.32. The monoisotopic (exact) mass is 578 g/mol. The first-order valence-corrected chi connectivity index (χ1v) is 13.8. The van der Waals surface area contributed by atoms with Crippen LogP contribution >= 0.6 is 0 Å². The zero-order valence-corrected chi connectivity index (χ0v) is 23.8. The van der Waals surface area contributed by atoms with Gasteiger partial charge in [0.25, 0.3) is 0 Å². The molecular weight excluding hydrogens is 532 g/mol. The number of hydrogen-bond donors (Lipinski definition) is 9. The third kappa shape index (κ3) is 13.3. The van der Waals surface area contributed by atoms with Crippen molar-refractivity contribution in [1.29, 1.82) is 0 Å². The number of nitrogens with two attached hydrogens (primary N) is 4. The number of carboxylic acids is 1. The fourth-order valence-corrected chi connectivity index (χ4v) is 3.98. The molecule has 0 aromatic heterocycles. The maximum absolute atomic E-state index is 13.5. The van der Waals surface area contributed by atoms with Crippen LogP contribution in [0.25, 0.3) is 0 Å². The predicted octanol–water partition coefficient (Wildman–Crippen LogP) is -0.970. The van der Waals surface area contributed by atoms with Gasteiger partial charge in [0.15, 0.2) is 5.96 Å². The molecule has 1 rings (SSSR count). The van der Waals surface area contributed by atoms with Crippen LogP contribution in [0.1, 0.15) is 57.9 Å². The van der Waals surface area contributed by atoms with Crippen molar-refractivity contribution in [2.24, 2.45) is 33.8 Å². The molecule has 5 unspecified atom stereocenters. The Hall–Kier alpha value is -3.91. The minimum Gasteiger partial charge on any atom is -0.508 e. The largest absolute Gasteiger partial charge is 0.508 e. The molecule has 0 heterocycles. The topological polar surface area (TPSA) is 261 Å². The van der Waals surface area contributed by atoms with E-state index in [1.165, 1.54) is 12.1 Å². The van der Waals surface area contributed by atoms with Crippen molar-refractivity contribution in [3.05, 3.63) is 29.8 Å². The summed E-state index contributed by atoms with van der Waals surface area (Å²) in [6, 6.07) is 1.84. The molecule has 0 aliphatic rings. The lowest BCUT2D eigenvalue weighted by Gasteiger charge is -2.26. The Kier molecular flexibility index (Phi) is 15.8. The first-order valence-electron chi connectivity index (χ1n) is 13.8.